The van der Waals surface area contributed by atoms with E-state index in [-0.39, 0.29) is 5.57 Å². The average molecular weight is 378 g/mol. The lowest BCUT2D eigenvalue weighted by Crippen LogP contribution is -2.54. The molecule has 0 fully saturated rings. The van der Waals surface area contributed by atoms with Crippen LogP contribution in [0.1, 0.15) is 16.7 Å². The molecular weight excluding hydrogens is 356 g/mol. The van der Waals surface area contributed by atoms with Crippen molar-refractivity contribution in [3.05, 3.63) is 45.5 Å². The Hall–Kier alpha value is -1.09. The summed E-state index contributed by atoms with van der Waals surface area (Å²) in [4.78, 5) is 0. The SMILES string of the molecule is Cc1cc(Cl)cc(C)c1CN[C@@H]1C=C(COC(F)F)[C@H](O)[C@H](O)[C@H]1O. The fourth-order valence-electron chi connectivity index (χ4n) is 2.96. The number of benzene rings is 1. The van der Waals surface area contributed by atoms with Gasteiger partial charge < -0.3 is 25.4 Å². The maximum atomic E-state index is 12.2. The number of ether oxygens (including phenoxy) is 1. The molecule has 140 valence electrons. The predicted molar refractivity (Wildman–Crippen MR) is 89.6 cm³/mol. The highest BCUT2D eigenvalue weighted by Crippen LogP contribution is 2.23. The fourth-order valence-corrected chi connectivity index (χ4v) is 3.29. The number of nitrogens with one attached hydrogen (secondary N) is 1. The zero-order chi connectivity index (χ0) is 18.7. The van der Waals surface area contributed by atoms with E-state index in [4.69, 9.17) is 11.6 Å². The van der Waals surface area contributed by atoms with E-state index >= 15 is 0 Å². The van der Waals surface area contributed by atoms with Crippen molar-refractivity contribution in [2.45, 2.75) is 51.4 Å². The smallest absolute Gasteiger partial charge is 0.345 e. The molecule has 0 aliphatic heterocycles. The van der Waals surface area contributed by atoms with E-state index in [2.05, 4.69) is 10.1 Å². The van der Waals surface area contributed by atoms with Gasteiger partial charge in [-0.15, -0.1) is 0 Å². The maximum Gasteiger partial charge on any atom is 0.345 e. The first kappa shape index (κ1) is 20.2. The van der Waals surface area contributed by atoms with Gasteiger partial charge in [-0.3, -0.25) is 0 Å². The van der Waals surface area contributed by atoms with Gasteiger partial charge in [0.15, 0.2) is 0 Å². The highest BCUT2D eigenvalue weighted by atomic mass is 35.5. The van der Waals surface area contributed by atoms with Crippen molar-refractivity contribution in [3.63, 3.8) is 0 Å². The van der Waals surface area contributed by atoms with Crippen molar-refractivity contribution < 1.29 is 28.8 Å². The Morgan fingerprint density at radius 2 is 1.76 bits per heavy atom. The number of hydrogen-bond acceptors (Lipinski definition) is 5. The van der Waals surface area contributed by atoms with E-state index in [1.807, 2.05) is 26.0 Å². The molecule has 1 aliphatic rings. The van der Waals surface area contributed by atoms with Gasteiger partial charge in [0.1, 0.15) is 18.3 Å². The zero-order valence-corrected chi connectivity index (χ0v) is 14.7. The van der Waals surface area contributed by atoms with Gasteiger partial charge >= 0.3 is 6.61 Å². The number of halogens is 3. The first-order valence-electron chi connectivity index (χ1n) is 7.84. The van der Waals surface area contributed by atoms with Crippen LogP contribution in [0.25, 0.3) is 0 Å². The van der Waals surface area contributed by atoms with E-state index in [1.165, 1.54) is 6.08 Å². The number of rotatable bonds is 6. The second-order valence-electron chi connectivity index (χ2n) is 6.16. The molecule has 1 aliphatic carbocycles. The van der Waals surface area contributed by atoms with Crippen LogP contribution < -0.4 is 5.32 Å². The summed E-state index contributed by atoms with van der Waals surface area (Å²) in [5.74, 6) is 0. The quantitative estimate of drug-likeness (QED) is 0.567. The summed E-state index contributed by atoms with van der Waals surface area (Å²) in [6, 6.07) is 2.92. The third kappa shape index (κ3) is 4.97. The minimum absolute atomic E-state index is 0.0974. The molecular formula is C17H22ClF2NO4. The third-order valence-electron chi connectivity index (χ3n) is 4.37. The number of aliphatic hydroxyl groups is 3. The van der Waals surface area contributed by atoms with Crippen LogP contribution in [0.5, 0.6) is 0 Å². The predicted octanol–water partition coefficient (Wildman–Crippen LogP) is 1.68. The van der Waals surface area contributed by atoms with Crippen LogP contribution in [0, 0.1) is 13.8 Å². The summed E-state index contributed by atoms with van der Waals surface area (Å²) in [6.45, 7) is 0.675. The molecule has 1 aromatic carbocycles. The molecule has 0 unspecified atom stereocenters. The molecule has 0 bridgehead atoms. The lowest BCUT2D eigenvalue weighted by Gasteiger charge is -2.35. The monoisotopic (exact) mass is 377 g/mol. The van der Waals surface area contributed by atoms with Gasteiger partial charge in [0.05, 0.1) is 12.6 Å². The van der Waals surface area contributed by atoms with E-state index < -0.39 is 37.6 Å². The van der Waals surface area contributed by atoms with Crippen LogP contribution in [0.15, 0.2) is 23.8 Å². The molecule has 2 rings (SSSR count). The molecule has 0 saturated carbocycles. The molecule has 5 nitrogen and oxygen atoms in total. The highest BCUT2D eigenvalue weighted by Gasteiger charge is 2.37. The largest absolute Gasteiger partial charge is 0.388 e. The van der Waals surface area contributed by atoms with Crippen LogP contribution in [0.3, 0.4) is 0 Å². The first-order chi connectivity index (χ1) is 11.7. The Kier molecular flexibility index (Phi) is 6.90. The Morgan fingerprint density at radius 3 is 2.32 bits per heavy atom. The molecule has 0 amide bonds. The second-order valence-corrected chi connectivity index (χ2v) is 6.60. The molecule has 0 aromatic heterocycles. The summed E-state index contributed by atoms with van der Waals surface area (Å²) in [5, 5.41) is 33.7. The van der Waals surface area contributed by atoms with E-state index in [0.717, 1.165) is 16.7 Å². The molecule has 0 heterocycles. The van der Waals surface area contributed by atoms with Crippen molar-refractivity contribution >= 4 is 11.6 Å². The standard InChI is InChI=1S/C17H22ClF2NO4/c1-8-3-11(18)4-9(2)12(8)6-21-13-5-10(7-25-17(19)20)14(22)16(24)15(13)23/h3-5,13-17,21-24H,6-7H2,1-2H3/t13-,14+,15+,16+/m1/s1. The summed E-state index contributed by atoms with van der Waals surface area (Å²) in [6.07, 6.45) is -2.81. The Balaban J connectivity index is 2.14. The molecule has 4 N–H and O–H groups in total. The molecule has 0 radical (unpaired) electrons. The molecule has 4 atom stereocenters. The van der Waals surface area contributed by atoms with E-state index in [1.54, 1.807) is 0 Å². The lowest BCUT2D eigenvalue weighted by atomic mass is 9.88. The maximum absolute atomic E-state index is 12.2. The summed E-state index contributed by atoms with van der Waals surface area (Å²) in [7, 11) is 0. The van der Waals surface area contributed by atoms with Crippen molar-refractivity contribution in [1.82, 2.24) is 5.32 Å². The van der Waals surface area contributed by atoms with Crippen LogP contribution in [-0.2, 0) is 11.3 Å². The van der Waals surface area contributed by atoms with Crippen molar-refractivity contribution in [2.24, 2.45) is 0 Å². The number of alkyl halides is 2. The molecule has 0 saturated heterocycles. The van der Waals surface area contributed by atoms with Gasteiger partial charge in [-0.25, -0.2) is 0 Å². The molecule has 25 heavy (non-hydrogen) atoms. The fraction of sp³-hybridized carbons (Fsp3) is 0.529. The van der Waals surface area contributed by atoms with Gasteiger partial charge in [-0.2, -0.15) is 8.78 Å². The van der Waals surface area contributed by atoms with Crippen LogP contribution in [-0.4, -0.2) is 52.9 Å². The number of hydrogen-bond donors (Lipinski definition) is 4. The van der Waals surface area contributed by atoms with Crippen molar-refractivity contribution in [2.75, 3.05) is 6.61 Å². The van der Waals surface area contributed by atoms with E-state index in [0.29, 0.717) is 11.6 Å². The van der Waals surface area contributed by atoms with Gasteiger partial charge in [0, 0.05) is 11.6 Å². The van der Waals surface area contributed by atoms with Crippen molar-refractivity contribution in [1.29, 1.82) is 0 Å². The normalized spacial score (nSPS) is 26.8. The second kappa shape index (κ2) is 8.53. The Labute approximate surface area is 149 Å². The van der Waals surface area contributed by atoms with Gasteiger partial charge in [-0.05, 0) is 48.2 Å². The minimum atomic E-state index is -2.98. The van der Waals surface area contributed by atoms with Crippen LogP contribution in [0.2, 0.25) is 5.02 Å². The topological polar surface area (TPSA) is 82.0 Å². The Bertz CT molecular complexity index is 618. The third-order valence-corrected chi connectivity index (χ3v) is 4.58. The van der Waals surface area contributed by atoms with E-state index in [9.17, 15) is 24.1 Å². The minimum Gasteiger partial charge on any atom is -0.388 e. The lowest BCUT2D eigenvalue weighted by molar-refractivity contribution is -0.129. The highest BCUT2D eigenvalue weighted by molar-refractivity contribution is 6.30. The molecule has 0 spiro atoms. The summed E-state index contributed by atoms with van der Waals surface area (Å²) in [5.41, 5.74) is 3.01. The van der Waals surface area contributed by atoms with Gasteiger partial charge in [-0.1, -0.05) is 17.7 Å². The summed E-state index contributed by atoms with van der Waals surface area (Å²) >= 11 is 6.00. The first-order valence-corrected chi connectivity index (χ1v) is 8.22. The number of aliphatic hydroxyl groups excluding tert-OH is 3. The Morgan fingerprint density at radius 1 is 1.16 bits per heavy atom. The number of aryl methyl sites for hydroxylation is 2. The molecule has 1 aromatic rings. The van der Waals surface area contributed by atoms with Gasteiger partial charge in [0.2, 0.25) is 0 Å². The average Bonchev–Trinajstić information content (AvgIpc) is 2.52. The van der Waals surface area contributed by atoms with Gasteiger partial charge in [0.25, 0.3) is 0 Å². The summed E-state index contributed by atoms with van der Waals surface area (Å²) < 4.78 is 28.6. The van der Waals surface area contributed by atoms with Crippen LogP contribution >= 0.6 is 11.6 Å². The zero-order valence-electron chi connectivity index (χ0n) is 13.9. The van der Waals surface area contributed by atoms with Crippen molar-refractivity contribution in [3.8, 4) is 0 Å². The van der Waals surface area contributed by atoms with Crippen LogP contribution in [0.4, 0.5) is 8.78 Å². The molecule has 8 heteroatoms.